The summed E-state index contributed by atoms with van der Waals surface area (Å²) in [7, 11) is 0. The van der Waals surface area contributed by atoms with E-state index in [0.717, 1.165) is 12.0 Å². The molecule has 2 N–H and O–H groups in total. The van der Waals surface area contributed by atoms with E-state index in [1.165, 1.54) is 32.1 Å². The summed E-state index contributed by atoms with van der Waals surface area (Å²) in [5.74, 6) is -0.928. The Kier molecular flexibility index (Phi) is 8.72. The molecule has 1 saturated heterocycles. The highest BCUT2D eigenvalue weighted by Gasteiger charge is 2.47. The Balaban J connectivity index is 1.66. The summed E-state index contributed by atoms with van der Waals surface area (Å²) in [6, 6.07) is 9.53. The van der Waals surface area contributed by atoms with Crippen LogP contribution >= 0.6 is 0 Å². The minimum atomic E-state index is -0.779. The third kappa shape index (κ3) is 6.79. The van der Waals surface area contributed by atoms with Gasteiger partial charge in [-0.15, -0.1) is 0 Å². The number of benzene rings is 1. The van der Waals surface area contributed by atoms with Gasteiger partial charge < -0.3 is 14.6 Å². The Morgan fingerprint density at radius 2 is 1.88 bits per heavy atom. The number of rotatable bonds is 10. The standard InChI is InChI=1S/C26H39NO5/c1-18(2)21(24(28)29)14-15-26(3)27-22(16-19-10-6-4-7-11-19)23(32-26)25(30)31-17-20-12-8-5-9-13-20/h5,8-9,12-13,18-19,21-23,27H,4,6-7,10-11,14-17H2,1-3H3,(H,28,29)/t21?,22-,23-,26?/m0/s1. The largest absolute Gasteiger partial charge is 0.481 e. The van der Waals surface area contributed by atoms with Gasteiger partial charge in [0.25, 0.3) is 0 Å². The van der Waals surface area contributed by atoms with E-state index in [2.05, 4.69) is 5.32 Å². The molecule has 0 aromatic heterocycles. The molecular formula is C26H39NO5. The van der Waals surface area contributed by atoms with Crippen LogP contribution in [0.25, 0.3) is 0 Å². The average molecular weight is 446 g/mol. The molecule has 2 aliphatic rings. The Hall–Kier alpha value is -1.92. The number of hydrogen-bond acceptors (Lipinski definition) is 5. The molecule has 1 saturated carbocycles. The summed E-state index contributed by atoms with van der Waals surface area (Å²) >= 11 is 0. The van der Waals surface area contributed by atoms with Gasteiger partial charge in [-0.05, 0) is 43.6 Å². The molecule has 0 bridgehead atoms. The molecule has 6 nitrogen and oxygen atoms in total. The predicted molar refractivity (Wildman–Crippen MR) is 123 cm³/mol. The number of carbonyl (C=O) groups excluding carboxylic acids is 1. The van der Waals surface area contributed by atoms with Gasteiger partial charge in [0.05, 0.1) is 5.92 Å². The Morgan fingerprint density at radius 1 is 1.19 bits per heavy atom. The van der Waals surface area contributed by atoms with Gasteiger partial charge in [0.2, 0.25) is 0 Å². The molecule has 32 heavy (non-hydrogen) atoms. The smallest absolute Gasteiger partial charge is 0.337 e. The van der Waals surface area contributed by atoms with Crippen molar-refractivity contribution in [2.75, 3.05) is 0 Å². The van der Waals surface area contributed by atoms with Crippen molar-refractivity contribution in [3.8, 4) is 0 Å². The molecular weight excluding hydrogens is 406 g/mol. The number of ether oxygens (including phenoxy) is 2. The van der Waals surface area contributed by atoms with E-state index in [1.54, 1.807) is 0 Å². The lowest BCUT2D eigenvalue weighted by Crippen LogP contribution is -2.44. The molecule has 1 aromatic rings. The molecule has 0 radical (unpaired) electrons. The normalized spacial score (nSPS) is 27.4. The van der Waals surface area contributed by atoms with E-state index < -0.39 is 23.7 Å². The van der Waals surface area contributed by atoms with Crippen LogP contribution in [0.1, 0.15) is 77.7 Å². The van der Waals surface area contributed by atoms with Crippen molar-refractivity contribution in [2.24, 2.45) is 17.8 Å². The summed E-state index contributed by atoms with van der Waals surface area (Å²) in [6.45, 7) is 6.02. The monoisotopic (exact) mass is 445 g/mol. The molecule has 6 heteroatoms. The highest BCUT2D eigenvalue weighted by Crippen LogP contribution is 2.35. The summed E-state index contributed by atoms with van der Waals surface area (Å²) in [6.07, 6.45) is 7.40. The Morgan fingerprint density at radius 3 is 2.50 bits per heavy atom. The maximum atomic E-state index is 13.0. The zero-order valence-electron chi connectivity index (χ0n) is 19.7. The zero-order chi connectivity index (χ0) is 23.1. The molecule has 0 spiro atoms. The second-order valence-electron chi connectivity index (χ2n) is 10.1. The molecule has 2 fully saturated rings. The summed E-state index contributed by atoms with van der Waals surface area (Å²) in [5, 5.41) is 13.1. The van der Waals surface area contributed by atoms with Gasteiger partial charge in [-0.25, -0.2) is 4.79 Å². The van der Waals surface area contributed by atoms with Crippen molar-refractivity contribution < 1.29 is 24.2 Å². The van der Waals surface area contributed by atoms with E-state index in [9.17, 15) is 14.7 Å². The molecule has 0 amide bonds. The average Bonchev–Trinajstić information content (AvgIpc) is 3.09. The van der Waals surface area contributed by atoms with Gasteiger partial charge in [-0.1, -0.05) is 76.3 Å². The molecule has 4 atom stereocenters. The lowest BCUT2D eigenvalue weighted by Gasteiger charge is -2.28. The summed E-state index contributed by atoms with van der Waals surface area (Å²) < 4.78 is 11.9. The van der Waals surface area contributed by atoms with Crippen LogP contribution in [0, 0.1) is 17.8 Å². The van der Waals surface area contributed by atoms with E-state index in [0.29, 0.717) is 18.8 Å². The van der Waals surface area contributed by atoms with Crippen LogP contribution in [-0.4, -0.2) is 34.9 Å². The quantitative estimate of drug-likeness (QED) is 0.498. The van der Waals surface area contributed by atoms with Crippen LogP contribution in [0.15, 0.2) is 30.3 Å². The van der Waals surface area contributed by atoms with Crippen molar-refractivity contribution in [1.29, 1.82) is 0 Å². The number of nitrogens with one attached hydrogen (secondary N) is 1. The number of carboxylic acid groups (broad SMARTS) is 1. The molecule has 1 aliphatic carbocycles. The van der Waals surface area contributed by atoms with Crippen molar-refractivity contribution >= 4 is 11.9 Å². The number of esters is 1. The topological polar surface area (TPSA) is 84.9 Å². The lowest BCUT2D eigenvalue weighted by molar-refractivity contribution is -0.163. The number of aliphatic carboxylic acids is 1. The van der Waals surface area contributed by atoms with Crippen LogP contribution in [0.5, 0.6) is 0 Å². The van der Waals surface area contributed by atoms with Gasteiger partial charge in [0.1, 0.15) is 12.3 Å². The molecule has 3 rings (SSSR count). The van der Waals surface area contributed by atoms with Crippen LogP contribution in [0.2, 0.25) is 0 Å². The maximum Gasteiger partial charge on any atom is 0.337 e. The van der Waals surface area contributed by atoms with E-state index >= 15 is 0 Å². The van der Waals surface area contributed by atoms with Crippen LogP contribution in [0.3, 0.4) is 0 Å². The number of carboxylic acids is 1. The third-order valence-electron chi connectivity index (χ3n) is 7.07. The predicted octanol–water partition coefficient (Wildman–Crippen LogP) is 4.91. The van der Waals surface area contributed by atoms with Gasteiger partial charge in [0, 0.05) is 6.04 Å². The molecule has 1 heterocycles. The van der Waals surface area contributed by atoms with Gasteiger partial charge in [-0.2, -0.15) is 0 Å². The third-order valence-corrected chi connectivity index (χ3v) is 7.07. The Labute approximate surface area is 192 Å². The fourth-order valence-corrected chi connectivity index (χ4v) is 5.16. The molecule has 178 valence electrons. The summed E-state index contributed by atoms with van der Waals surface area (Å²) in [5.41, 5.74) is 0.206. The van der Waals surface area contributed by atoms with Gasteiger partial charge >= 0.3 is 11.9 Å². The second-order valence-corrected chi connectivity index (χ2v) is 10.1. The van der Waals surface area contributed by atoms with E-state index in [1.807, 2.05) is 51.1 Å². The first-order valence-electron chi connectivity index (χ1n) is 12.2. The van der Waals surface area contributed by atoms with Crippen molar-refractivity contribution in [1.82, 2.24) is 5.32 Å². The second kappa shape index (κ2) is 11.3. The van der Waals surface area contributed by atoms with Crippen LogP contribution < -0.4 is 5.32 Å². The van der Waals surface area contributed by atoms with Gasteiger partial charge in [0.15, 0.2) is 6.10 Å². The lowest BCUT2D eigenvalue weighted by atomic mass is 9.83. The fraction of sp³-hybridized carbons (Fsp3) is 0.692. The molecule has 1 aromatic carbocycles. The van der Waals surface area contributed by atoms with Gasteiger partial charge in [-0.3, -0.25) is 10.1 Å². The van der Waals surface area contributed by atoms with E-state index in [4.69, 9.17) is 9.47 Å². The Bertz CT molecular complexity index is 746. The molecule has 1 aliphatic heterocycles. The van der Waals surface area contributed by atoms with Crippen LogP contribution in [-0.2, 0) is 25.7 Å². The first-order valence-corrected chi connectivity index (χ1v) is 12.2. The first-order chi connectivity index (χ1) is 15.3. The first kappa shape index (κ1) is 24.7. The minimum absolute atomic E-state index is 0.0437. The van der Waals surface area contributed by atoms with Crippen LogP contribution in [0.4, 0.5) is 0 Å². The SMILES string of the molecule is CC(C)C(CCC1(C)N[C@@H](CC2CCCCC2)[C@@H](C(=O)OCc2ccccc2)O1)C(=O)O. The molecule has 2 unspecified atom stereocenters. The summed E-state index contributed by atoms with van der Waals surface area (Å²) in [4.78, 5) is 24.7. The highest BCUT2D eigenvalue weighted by molar-refractivity contribution is 5.76. The minimum Gasteiger partial charge on any atom is -0.481 e. The number of carbonyl (C=O) groups is 2. The maximum absolute atomic E-state index is 13.0. The van der Waals surface area contributed by atoms with Crippen molar-refractivity contribution in [2.45, 2.75) is 96.6 Å². The van der Waals surface area contributed by atoms with Crippen molar-refractivity contribution in [3.05, 3.63) is 35.9 Å². The fourth-order valence-electron chi connectivity index (χ4n) is 5.16. The van der Waals surface area contributed by atoms with E-state index in [-0.39, 0.29) is 24.5 Å². The van der Waals surface area contributed by atoms with Crippen molar-refractivity contribution in [3.63, 3.8) is 0 Å². The highest BCUT2D eigenvalue weighted by atomic mass is 16.6. The zero-order valence-corrected chi connectivity index (χ0v) is 19.7. The number of hydrogen-bond donors (Lipinski definition) is 2.